The molecule has 14 heteroatoms. The van der Waals surface area contributed by atoms with Crippen molar-refractivity contribution in [3.05, 3.63) is 335 Å². The van der Waals surface area contributed by atoms with E-state index in [-0.39, 0.29) is 0 Å². The van der Waals surface area contributed by atoms with E-state index in [2.05, 4.69) is 103 Å². The summed E-state index contributed by atoms with van der Waals surface area (Å²) in [5.74, 6) is 1.22. The van der Waals surface area contributed by atoms with Crippen LogP contribution in [-0.2, 0) is 0 Å². The van der Waals surface area contributed by atoms with Gasteiger partial charge in [-0.15, -0.1) is 0 Å². The molecule has 0 amide bonds. The number of hydrogen-bond donors (Lipinski definition) is 0. The van der Waals surface area contributed by atoms with Crippen molar-refractivity contribution >= 4 is 60.7 Å². The zero-order valence-corrected chi connectivity index (χ0v) is 54.7. The van der Waals surface area contributed by atoms with E-state index in [9.17, 15) is 31.6 Å². The van der Waals surface area contributed by atoms with Crippen molar-refractivity contribution in [1.29, 1.82) is 31.6 Å². The lowest BCUT2D eigenvalue weighted by Crippen LogP contribution is -2.04. The molecule has 0 radical (unpaired) electrons. The summed E-state index contributed by atoms with van der Waals surface area (Å²) in [6.07, 6.45) is 0. The molecule has 3 aromatic heterocycles. The Kier molecular flexibility index (Phi) is 15.7. The average Bonchev–Trinajstić information content (AvgIpc) is 1.55. The summed E-state index contributed by atoms with van der Waals surface area (Å²) in [5.41, 5.74) is 18.3. The van der Waals surface area contributed by atoms with Crippen molar-refractivity contribution in [2.45, 2.75) is 0 Å². The summed E-state index contributed by atoms with van der Waals surface area (Å²) < 4.78 is 4.39. The van der Waals surface area contributed by atoms with Gasteiger partial charge in [0.15, 0.2) is 34.5 Å². The molecule has 0 fully saturated rings. The van der Waals surface area contributed by atoms with Crippen LogP contribution in [0.15, 0.2) is 267 Å². The molecule has 474 valence electrons. The molecule has 0 saturated heterocycles. The largest absolute Gasteiger partial charge is 0.309 e. The zero-order chi connectivity index (χ0) is 71.1. The van der Waals surface area contributed by atoms with Crippen molar-refractivity contribution in [2.24, 2.45) is 0 Å². The fourth-order valence-corrected chi connectivity index (χ4v) is 13.9. The average molecular weight is 1320 g/mol. The Labute approximate surface area is 596 Å². The second-order valence-electron chi connectivity index (χ2n) is 24.8. The van der Waals surface area contributed by atoms with Crippen LogP contribution < -0.4 is 0 Å². The van der Waals surface area contributed by atoms with Crippen molar-refractivity contribution in [3.63, 3.8) is 0 Å². The predicted molar refractivity (Wildman–Crippen MR) is 405 cm³/mol. The van der Waals surface area contributed by atoms with Crippen molar-refractivity contribution in [3.8, 4) is 149 Å². The van der Waals surface area contributed by atoms with Crippen LogP contribution >= 0.6 is 0 Å². The quantitative estimate of drug-likeness (QED) is 0.113. The van der Waals surface area contributed by atoms with Gasteiger partial charge in [-0.1, -0.05) is 109 Å². The first kappa shape index (κ1) is 62.7. The van der Waals surface area contributed by atoms with Gasteiger partial charge in [0.1, 0.15) is 0 Å². The van der Waals surface area contributed by atoms with Gasteiger partial charge >= 0.3 is 0 Å². The van der Waals surface area contributed by atoms with Gasteiger partial charge in [-0.2, -0.15) is 31.6 Å². The lowest BCUT2D eigenvalue weighted by Gasteiger charge is -2.20. The third kappa shape index (κ3) is 11.2. The molecule has 3 heterocycles. The number of nitrogens with zero attached hydrogens (tertiary/aromatic N) is 14. The van der Waals surface area contributed by atoms with Gasteiger partial charge in [0, 0.05) is 66.2 Å². The number of nitriles is 6. The second kappa shape index (κ2) is 26.0. The van der Waals surface area contributed by atoms with Gasteiger partial charge < -0.3 is 9.13 Å². The van der Waals surface area contributed by atoms with Crippen molar-refractivity contribution in [1.82, 2.24) is 24.1 Å². The summed E-state index contributed by atoms with van der Waals surface area (Å²) in [7, 11) is 0. The molecule has 16 rings (SSSR count). The number of benzene rings is 13. The molecule has 104 heavy (non-hydrogen) atoms. The van der Waals surface area contributed by atoms with Crippen LogP contribution in [0, 0.1) is 87.7 Å². The molecule has 0 spiro atoms. The van der Waals surface area contributed by atoms with Crippen LogP contribution in [0.3, 0.4) is 0 Å². The Morgan fingerprint density at radius 3 is 1.07 bits per heavy atom. The highest BCUT2D eigenvalue weighted by molar-refractivity contribution is 6.14. The Balaban J connectivity index is 1.03. The molecule has 0 bridgehead atoms. The van der Waals surface area contributed by atoms with E-state index in [1.54, 1.807) is 78.9 Å². The Hall–Kier alpha value is -16.1. The normalized spacial score (nSPS) is 10.8. The van der Waals surface area contributed by atoms with E-state index >= 15 is 0 Å². The summed E-state index contributed by atoms with van der Waals surface area (Å²) >= 11 is 0. The molecule has 13 aromatic carbocycles. The molecular formula is C90H44N14. The highest BCUT2D eigenvalue weighted by Gasteiger charge is 2.26. The number of hydrogen-bond acceptors (Lipinski definition) is 9. The minimum atomic E-state index is 0.312. The molecule has 14 nitrogen and oxygen atoms in total. The Morgan fingerprint density at radius 2 is 0.644 bits per heavy atom. The smallest absolute Gasteiger partial charge is 0.189 e. The van der Waals surface area contributed by atoms with E-state index in [0.717, 1.165) is 82.6 Å². The summed E-state index contributed by atoms with van der Waals surface area (Å²) in [5, 5.41) is 65.1. The number of rotatable bonds is 11. The standard InChI is InChI=1S/C90H44N14/c1-97-71-36-56(50-93)33-68(39-71)62-18-25-83-79(43-62)80-44-63(69-34-57(51-94)37-72(40-69)98-2)19-26-84(80)103(83)74-23-24-76(90-101-88(59-12-6-4-7-13-59)100-89(102-90)60-14-8-5-9-15-60)77(47-74)78-46-65(75-17-11-10-16-66(75)53-96)22-29-85(78)104-86-27-20-61(67-31-54(48-91)30-55(32-67)49-92)42-81(86)82-45-64(21-28-87(82)104)70-35-58(52-95)38-73(41-70)99-3/h4-47H. The second-order valence-corrected chi connectivity index (χ2v) is 24.8. The summed E-state index contributed by atoms with van der Waals surface area (Å²) in [4.78, 5) is 27.1. The van der Waals surface area contributed by atoms with Crippen molar-refractivity contribution in [2.75, 3.05) is 0 Å². The molecule has 0 atom stereocenters. The monoisotopic (exact) mass is 1320 g/mol. The molecular weight excluding hydrogens is 1280 g/mol. The minimum absolute atomic E-state index is 0.312. The molecule has 0 aliphatic rings. The first-order valence-corrected chi connectivity index (χ1v) is 32.6. The minimum Gasteiger partial charge on any atom is -0.309 e. The maximum atomic E-state index is 10.8. The van der Waals surface area contributed by atoms with Crippen LogP contribution in [0.1, 0.15) is 33.4 Å². The van der Waals surface area contributed by atoms with E-state index in [1.807, 2.05) is 146 Å². The van der Waals surface area contributed by atoms with E-state index < -0.39 is 0 Å². The fraction of sp³-hybridized carbons (Fsp3) is 0. The fourth-order valence-electron chi connectivity index (χ4n) is 13.9. The Morgan fingerprint density at radius 1 is 0.260 bits per heavy atom. The lowest BCUT2D eigenvalue weighted by atomic mass is 9.91. The van der Waals surface area contributed by atoms with Gasteiger partial charge in [-0.25, -0.2) is 29.5 Å². The maximum Gasteiger partial charge on any atom is 0.189 e. The molecule has 0 N–H and O–H groups in total. The summed E-state index contributed by atoms with van der Waals surface area (Å²) in [6.45, 7) is 23.9. The van der Waals surface area contributed by atoms with Crippen LogP contribution in [0.4, 0.5) is 17.1 Å². The highest BCUT2D eigenvalue weighted by Crippen LogP contribution is 2.47. The van der Waals surface area contributed by atoms with Crippen LogP contribution in [0.5, 0.6) is 0 Å². The molecule has 0 saturated carbocycles. The highest BCUT2D eigenvalue weighted by atomic mass is 15.0. The maximum absolute atomic E-state index is 10.8. The first-order chi connectivity index (χ1) is 51.0. The molecule has 16 aromatic rings. The Bertz CT molecular complexity index is 6340. The van der Waals surface area contributed by atoms with Gasteiger partial charge in [-0.05, 0) is 219 Å². The van der Waals surface area contributed by atoms with Gasteiger partial charge in [0.2, 0.25) is 0 Å². The third-order valence-corrected chi connectivity index (χ3v) is 18.7. The molecule has 0 aliphatic carbocycles. The predicted octanol–water partition coefficient (Wildman–Crippen LogP) is 22.0. The van der Waals surface area contributed by atoms with E-state index in [1.165, 1.54) is 0 Å². The topological polar surface area (TPSA) is 204 Å². The summed E-state index contributed by atoms with van der Waals surface area (Å²) in [6, 6.07) is 97.7. The van der Waals surface area contributed by atoms with Crippen molar-refractivity contribution < 1.29 is 0 Å². The van der Waals surface area contributed by atoms with Crippen LogP contribution in [0.25, 0.3) is 170 Å². The zero-order valence-electron chi connectivity index (χ0n) is 54.7. The lowest BCUT2D eigenvalue weighted by molar-refractivity contribution is 1.07. The number of aromatic nitrogens is 5. The number of fused-ring (bicyclic) bond motifs is 6. The van der Waals surface area contributed by atoms with E-state index in [0.29, 0.717) is 124 Å². The van der Waals surface area contributed by atoms with Crippen LogP contribution in [0.2, 0.25) is 0 Å². The van der Waals surface area contributed by atoms with E-state index in [4.69, 9.17) is 34.7 Å². The third-order valence-electron chi connectivity index (χ3n) is 18.7. The van der Waals surface area contributed by atoms with Gasteiger partial charge in [-0.3, -0.25) is 0 Å². The SMILES string of the molecule is [C-]#[N+]c1cc(C#N)cc(-c2ccc3c(c2)c2cc(-c4cc(C#N)cc([N+]#[C-])c4)ccc2n3-c2ccc(-c3nc(-c4ccccc4)nc(-c4ccccc4)n3)c(-c3cc(-c4ccccc4C#N)ccc3-n3c4ccc(-c5cc(C#N)cc(C#N)c5)cc4c4cc(-c5cc(C#N)cc([N+]#[C-])c5)ccc43)c2)c1. The van der Waals surface area contributed by atoms with Crippen LogP contribution in [-0.4, -0.2) is 24.1 Å². The molecule has 0 unspecified atom stereocenters. The molecule has 0 aliphatic heterocycles. The first-order valence-electron chi connectivity index (χ1n) is 32.6. The van der Waals surface area contributed by atoms with Gasteiger partial charge in [0.05, 0.1) is 101 Å². The van der Waals surface area contributed by atoms with Gasteiger partial charge in [0.25, 0.3) is 0 Å².